The van der Waals surface area contributed by atoms with Crippen molar-refractivity contribution in [2.45, 2.75) is 62.5 Å². The minimum Gasteiger partial charge on any atom is -0.352 e. The van der Waals surface area contributed by atoms with Gasteiger partial charge in [0, 0.05) is 6.04 Å². The van der Waals surface area contributed by atoms with Gasteiger partial charge in [0.15, 0.2) is 5.16 Å². The Morgan fingerprint density at radius 3 is 2.62 bits per heavy atom. The Morgan fingerprint density at radius 2 is 1.82 bits per heavy atom. The lowest BCUT2D eigenvalue weighted by atomic mass is 9.86. The van der Waals surface area contributed by atoms with Gasteiger partial charge in [-0.2, -0.15) is 0 Å². The van der Waals surface area contributed by atoms with Gasteiger partial charge in [-0.15, -0.1) is 10.2 Å². The van der Waals surface area contributed by atoms with Crippen molar-refractivity contribution in [3.8, 4) is 0 Å². The van der Waals surface area contributed by atoms with E-state index in [0.717, 1.165) is 30.3 Å². The minimum absolute atomic E-state index is 0.0161. The molecule has 1 N–H and O–H groups in total. The molecule has 7 nitrogen and oxygen atoms in total. The molecule has 3 atom stereocenters. The molecule has 2 aromatic carbocycles. The zero-order chi connectivity index (χ0) is 23.7. The minimum atomic E-state index is -0.338. The van der Waals surface area contributed by atoms with Crippen LogP contribution in [-0.2, 0) is 11.3 Å². The molecule has 0 aliphatic heterocycles. The summed E-state index contributed by atoms with van der Waals surface area (Å²) in [6.45, 7) is 4.51. The average molecular weight is 476 g/mol. The number of fused-ring (bicyclic) bond motifs is 3. The van der Waals surface area contributed by atoms with Gasteiger partial charge in [0.25, 0.3) is 5.56 Å². The van der Waals surface area contributed by atoms with Gasteiger partial charge in [0.2, 0.25) is 11.7 Å². The number of carbonyl (C=O) groups is 1. The Balaban J connectivity index is 1.50. The van der Waals surface area contributed by atoms with Crippen molar-refractivity contribution < 1.29 is 4.79 Å². The van der Waals surface area contributed by atoms with Gasteiger partial charge in [-0.25, -0.2) is 0 Å². The quantitative estimate of drug-likeness (QED) is 0.421. The first-order valence-corrected chi connectivity index (χ1v) is 12.8. The fourth-order valence-corrected chi connectivity index (χ4v) is 5.63. The van der Waals surface area contributed by atoms with E-state index in [2.05, 4.69) is 22.4 Å². The van der Waals surface area contributed by atoms with E-state index in [1.54, 1.807) is 4.57 Å². The Morgan fingerprint density at radius 1 is 1.09 bits per heavy atom. The molecule has 8 heteroatoms. The number of thioether (sulfide) groups is 1. The molecule has 2 aromatic heterocycles. The molecule has 1 aliphatic carbocycles. The summed E-state index contributed by atoms with van der Waals surface area (Å²) < 4.78 is 3.56. The predicted molar refractivity (Wildman–Crippen MR) is 135 cm³/mol. The van der Waals surface area contributed by atoms with Gasteiger partial charge < -0.3 is 5.32 Å². The first kappa shape index (κ1) is 22.7. The molecule has 0 radical (unpaired) electrons. The lowest BCUT2D eigenvalue weighted by molar-refractivity contribution is -0.121. The second kappa shape index (κ2) is 9.62. The Kier molecular flexibility index (Phi) is 6.41. The molecule has 1 saturated carbocycles. The molecule has 176 valence electrons. The van der Waals surface area contributed by atoms with Crippen LogP contribution in [-0.4, -0.2) is 36.4 Å². The van der Waals surface area contributed by atoms with E-state index in [1.807, 2.05) is 65.9 Å². The zero-order valence-corrected chi connectivity index (χ0v) is 20.3. The SMILES string of the molecule is CC(Sc1nnc2n(Cc3ccccc3)c(=O)c3ccccc3n12)C(=O)NC1CCCCC1C. The van der Waals surface area contributed by atoms with Crippen molar-refractivity contribution in [1.29, 1.82) is 0 Å². The van der Waals surface area contributed by atoms with E-state index in [9.17, 15) is 9.59 Å². The number of benzene rings is 2. The van der Waals surface area contributed by atoms with Crippen molar-refractivity contribution in [2.75, 3.05) is 0 Å². The molecule has 0 saturated heterocycles. The van der Waals surface area contributed by atoms with Gasteiger partial charge >= 0.3 is 0 Å². The van der Waals surface area contributed by atoms with Crippen LogP contribution >= 0.6 is 11.8 Å². The normalized spacial score (nSPS) is 19.4. The van der Waals surface area contributed by atoms with Crippen molar-refractivity contribution in [3.05, 3.63) is 70.5 Å². The third kappa shape index (κ3) is 4.34. The number of rotatable bonds is 6. The number of nitrogens with zero attached hydrogens (tertiary/aromatic N) is 4. The maximum absolute atomic E-state index is 13.3. The van der Waals surface area contributed by atoms with Crippen molar-refractivity contribution in [1.82, 2.24) is 24.5 Å². The average Bonchev–Trinajstić information content (AvgIpc) is 3.27. The number of carbonyl (C=O) groups excluding carboxylic acids is 1. The highest BCUT2D eigenvalue weighted by Gasteiger charge is 2.27. The number of para-hydroxylation sites is 1. The maximum Gasteiger partial charge on any atom is 0.263 e. The van der Waals surface area contributed by atoms with Gasteiger partial charge in [0.05, 0.1) is 22.7 Å². The van der Waals surface area contributed by atoms with Crippen LogP contribution in [0.4, 0.5) is 0 Å². The smallest absolute Gasteiger partial charge is 0.263 e. The fraction of sp³-hybridized carbons (Fsp3) is 0.385. The van der Waals surface area contributed by atoms with Crippen LogP contribution in [0.15, 0.2) is 64.5 Å². The van der Waals surface area contributed by atoms with Crippen LogP contribution in [0.25, 0.3) is 16.7 Å². The molecule has 1 amide bonds. The summed E-state index contributed by atoms with van der Waals surface area (Å²) in [7, 11) is 0. The van der Waals surface area contributed by atoms with Crippen LogP contribution in [0, 0.1) is 5.92 Å². The molecule has 1 aliphatic rings. The molecular formula is C26H29N5O2S. The van der Waals surface area contributed by atoms with E-state index in [4.69, 9.17) is 0 Å². The Bertz CT molecular complexity index is 1380. The van der Waals surface area contributed by atoms with Gasteiger partial charge in [0.1, 0.15) is 0 Å². The topological polar surface area (TPSA) is 81.3 Å². The second-order valence-electron chi connectivity index (χ2n) is 9.15. The van der Waals surface area contributed by atoms with E-state index in [1.165, 1.54) is 18.2 Å². The van der Waals surface area contributed by atoms with Gasteiger partial charge in [-0.1, -0.05) is 74.0 Å². The summed E-state index contributed by atoms with van der Waals surface area (Å²) in [5, 5.41) is 12.9. The van der Waals surface area contributed by atoms with E-state index >= 15 is 0 Å². The molecule has 0 bridgehead atoms. The van der Waals surface area contributed by atoms with Crippen LogP contribution in [0.1, 0.15) is 45.1 Å². The first-order chi connectivity index (χ1) is 16.5. The highest BCUT2D eigenvalue weighted by molar-refractivity contribution is 8.00. The predicted octanol–water partition coefficient (Wildman–Crippen LogP) is 4.27. The van der Waals surface area contributed by atoms with Crippen molar-refractivity contribution >= 4 is 34.3 Å². The molecule has 0 spiro atoms. The van der Waals surface area contributed by atoms with E-state index < -0.39 is 0 Å². The summed E-state index contributed by atoms with van der Waals surface area (Å²) >= 11 is 1.38. The summed E-state index contributed by atoms with van der Waals surface area (Å²) in [6.07, 6.45) is 4.60. The van der Waals surface area contributed by atoms with Gasteiger partial charge in [-0.3, -0.25) is 18.6 Å². The highest BCUT2D eigenvalue weighted by Crippen LogP contribution is 2.27. The fourth-order valence-electron chi connectivity index (χ4n) is 4.76. The first-order valence-electron chi connectivity index (χ1n) is 11.9. The summed E-state index contributed by atoms with van der Waals surface area (Å²) in [4.78, 5) is 26.3. The summed E-state index contributed by atoms with van der Waals surface area (Å²) in [5.41, 5.74) is 1.65. The number of amides is 1. The van der Waals surface area contributed by atoms with E-state index in [0.29, 0.717) is 28.8 Å². The second-order valence-corrected chi connectivity index (χ2v) is 10.5. The molecule has 1 fully saturated rings. The van der Waals surface area contributed by atoms with Crippen molar-refractivity contribution in [2.24, 2.45) is 5.92 Å². The van der Waals surface area contributed by atoms with Crippen molar-refractivity contribution in [3.63, 3.8) is 0 Å². The molecule has 5 rings (SSSR count). The lowest BCUT2D eigenvalue weighted by Gasteiger charge is -2.30. The Hall–Kier alpha value is -3.13. The van der Waals surface area contributed by atoms with Crippen LogP contribution in [0.5, 0.6) is 0 Å². The number of hydrogen-bond donors (Lipinski definition) is 1. The highest BCUT2D eigenvalue weighted by atomic mass is 32.2. The molecule has 3 unspecified atom stereocenters. The molecule has 2 heterocycles. The van der Waals surface area contributed by atoms with Gasteiger partial charge in [-0.05, 0) is 43.4 Å². The number of hydrogen-bond acceptors (Lipinski definition) is 5. The van der Waals surface area contributed by atoms with E-state index in [-0.39, 0.29) is 22.8 Å². The standard InChI is InChI=1S/C26H29N5O2S/c1-17-10-6-8-14-21(17)27-23(32)18(2)34-26-29-28-25-30(16-19-11-4-3-5-12-19)24(33)20-13-7-9-15-22(20)31(25)26/h3-5,7,9,11-13,15,17-18,21H,6,8,10,14,16H2,1-2H3,(H,27,32). The summed E-state index contributed by atoms with van der Waals surface area (Å²) in [5.74, 6) is 0.992. The summed E-state index contributed by atoms with van der Waals surface area (Å²) in [6, 6.07) is 17.6. The van der Waals surface area contributed by atoms with Crippen LogP contribution < -0.4 is 10.9 Å². The number of aromatic nitrogens is 4. The van der Waals surface area contributed by atoms with Crippen LogP contribution in [0.3, 0.4) is 0 Å². The Labute approximate surface area is 202 Å². The lowest BCUT2D eigenvalue weighted by Crippen LogP contribution is -2.44. The maximum atomic E-state index is 13.3. The third-order valence-electron chi connectivity index (χ3n) is 6.75. The molecular weight excluding hydrogens is 446 g/mol. The number of nitrogens with one attached hydrogen (secondary N) is 1. The molecule has 34 heavy (non-hydrogen) atoms. The van der Waals surface area contributed by atoms with Crippen LogP contribution in [0.2, 0.25) is 0 Å². The monoisotopic (exact) mass is 475 g/mol. The largest absolute Gasteiger partial charge is 0.352 e. The zero-order valence-electron chi connectivity index (χ0n) is 19.5. The molecule has 4 aromatic rings. The third-order valence-corrected chi connectivity index (χ3v) is 7.79.